The van der Waals surface area contributed by atoms with Crippen molar-refractivity contribution in [2.24, 2.45) is 11.8 Å². The van der Waals surface area contributed by atoms with Crippen LogP contribution in [0.15, 0.2) is 40.2 Å². The first-order chi connectivity index (χ1) is 20.6. The fraction of sp³-hybridized carbons (Fsp3) is 0.517. The number of esters is 1. The van der Waals surface area contributed by atoms with Gasteiger partial charge < -0.3 is 24.5 Å². The lowest BCUT2D eigenvalue weighted by molar-refractivity contribution is -0.384. The van der Waals surface area contributed by atoms with Gasteiger partial charge in [-0.2, -0.15) is 0 Å². The number of thioether (sulfide) groups is 1. The number of ether oxygens (including phenoxy) is 1. The van der Waals surface area contributed by atoms with Gasteiger partial charge in [-0.1, -0.05) is 6.92 Å². The number of nitrogens with zero attached hydrogens (tertiary/aromatic N) is 5. The van der Waals surface area contributed by atoms with Gasteiger partial charge in [-0.05, 0) is 43.9 Å². The maximum atomic E-state index is 13.4. The number of non-ortho nitro benzene ring substituents is 1. The number of thiazole rings is 1. The zero-order valence-corrected chi connectivity index (χ0v) is 25.5. The Morgan fingerprint density at radius 1 is 1.21 bits per heavy atom. The Labute approximate surface area is 256 Å². The summed E-state index contributed by atoms with van der Waals surface area (Å²) in [7, 11) is 0. The normalized spacial score (nSPS) is 24.4. The Morgan fingerprint density at radius 3 is 2.56 bits per heavy atom. The van der Waals surface area contributed by atoms with Crippen LogP contribution in [0.25, 0.3) is 0 Å². The van der Waals surface area contributed by atoms with Crippen molar-refractivity contribution in [3.63, 3.8) is 0 Å². The van der Waals surface area contributed by atoms with E-state index in [4.69, 9.17) is 4.74 Å². The highest BCUT2D eigenvalue weighted by atomic mass is 32.2. The molecule has 12 nitrogen and oxygen atoms in total. The van der Waals surface area contributed by atoms with E-state index in [0.29, 0.717) is 24.3 Å². The van der Waals surface area contributed by atoms with Crippen LogP contribution in [-0.2, 0) is 20.9 Å². The number of carbonyl (C=O) groups is 3. The second-order valence-corrected chi connectivity index (χ2v) is 13.7. The fourth-order valence-electron chi connectivity index (χ4n) is 6.22. The monoisotopic (exact) mass is 627 g/mol. The molecule has 1 N–H and O–H groups in total. The van der Waals surface area contributed by atoms with Gasteiger partial charge in [-0.15, -0.1) is 23.1 Å². The minimum absolute atomic E-state index is 0.0164. The molecular weight excluding hydrogens is 594 g/mol. The number of piperidine rings is 1. The van der Waals surface area contributed by atoms with Crippen LogP contribution in [-0.4, -0.2) is 86.2 Å². The largest absolute Gasteiger partial charge is 0.456 e. The van der Waals surface area contributed by atoms with Crippen molar-refractivity contribution in [2.45, 2.75) is 57.1 Å². The number of benzene rings is 1. The molecule has 2 aromatic rings. The SMILES string of the molecule is C[C@@H](O)[C@H]1C(=O)N2C(C(=O)OCc3ccc([N+](=O)[O-])cc3)=C(SC3CN(c4nc(C(=O)N5CCCCC5)cs4)C3)[C@H](C)[C@H]12. The number of rotatable bonds is 9. The molecule has 4 aliphatic heterocycles. The smallest absolute Gasteiger partial charge is 0.356 e. The van der Waals surface area contributed by atoms with Crippen LogP contribution in [0.3, 0.4) is 0 Å². The summed E-state index contributed by atoms with van der Waals surface area (Å²) in [6.07, 6.45) is 2.36. The number of aliphatic hydroxyl groups is 1. The number of likely N-dealkylation sites (tertiary alicyclic amines) is 1. The Kier molecular flexibility index (Phi) is 8.18. The zero-order chi connectivity index (χ0) is 30.4. The molecule has 0 unspecified atom stereocenters. The molecule has 3 saturated heterocycles. The first kappa shape index (κ1) is 29.6. The lowest BCUT2D eigenvalue weighted by Gasteiger charge is -2.46. The van der Waals surface area contributed by atoms with Crippen molar-refractivity contribution < 1.29 is 29.2 Å². The van der Waals surface area contributed by atoms with E-state index in [9.17, 15) is 29.6 Å². The minimum atomic E-state index is -0.844. The van der Waals surface area contributed by atoms with Crippen molar-refractivity contribution in [3.05, 3.63) is 61.6 Å². The van der Waals surface area contributed by atoms with E-state index < -0.39 is 22.9 Å². The number of nitro groups is 1. The molecule has 0 bridgehead atoms. The summed E-state index contributed by atoms with van der Waals surface area (Å²) < 4.78 is 5.60. The van der Waals surface area contributed by atoms with E-state index in [0.717, 1.165) is 42.4 Å². The van der Waals surface area contributed by atoms with Gasteiger partial charge in [0.2, 0.25) is 5.91 Å². The van der Waals surface area contributed by atoms with Crippen molar-refractivity contribution in [1.82, 2.24) is 14.8 Å². The van der Waals surface area contributed by atoms with Crippen LogP contribution in [0.1, 0.15) is 49.2 Å². The van der Waals surface area contributed by atoms with Crippen LogP contribution in [0.2, 0.25) is 0 Å². The second kappa shape index (κ2) is 11.9. The molecular formula is C29H33N5O7S2. The third kappa shape index (κ3) is 5.51. The second-order valence-electron chi connectivity index (χ2n) is 11.5. The molecule has 4 atom stereocenters. The van der Waals surface area contributed by atoms with Crippen molar-refractivity contribution in [1.29, 1.82) is 0 Å². The van der Waals surface area contributed by atoms with E-state index in [1.165, 1.54) is 40.5 Å². The summed E-state index contributed by atoms with van der Waals surface area (Å²) in [4.78, 5) is 60.6. The molecule has 5 heterocycles. The summed E-state index contributed by atoms with van der Waals surface area (Å²) in [5, 5.41) is 24.0. The number of amides is 2. The van der Waals surface area contributed by atoms with Crippen LogP contribution in [0.4, 0.5) is 10.8 Å². The number of hydrogen-bond acceptors (Lipinski definition) is 11. The number of aromatic nitrogens is 1. The van der Waals surface area contributed by atoms with Crippen molar-refractivity contribution in [3.8, 4) is 0 Å². The maximum Gasteiger partial charge on any atom is 0.356 e. The van der Waals surface area contributed by atoms with Crippen LogP contribution in [0.5, 0.6) is 0 Å². The van der Waals surface area contributed by atoms with Crippen LogP contribution < -0.4 is 4.90 Å². The quantitative estimate of drug-likeness (QED) is 0.190. The molecule has 4 aliphatic rings. The zero-order valence-electron chi connectivity index (χ0n) is 23.9. The van der Waals surface area contributed by atoms with E-state index in [1.807, 2.05) is 17.2 Å². The predicted molar refractivity (Wildman–Crippen MR) is 160 cm³/mol. The molecule has 0 spiro atoms. The lowest BCUT2D eigenvalue weighted by atomic mass is 9.79. The summed E-state index contributed by atoms with van der Waals surface area (Å²) in [6.45, 7) is 6.36. The van der Waals surface area contributed by atoms with E-state index in [2.05, 4.69) is 9.88 Å². The van der Waals surface area contributed by atoms with Gasteiger partial charge >= 0.3 is 5.97 Å². The van der Waals surface area contributed by atoms with Crippen LogP contribution in [0, 0.1) is 22.0 Å². The Balaban J connectivity index is 1.13. The molecule has 1 aromatic carbocycles. The predicted octanol–water partition coefficient (Wildman–Crippen LogP) is 3.41. The Bertz CT molecular complexity index is 1460. The lowest BCUT2D eigenvalue weighted by Crippen LogP contribution is -2.63. The van der Waals surface area contributed by atoms with Gasteiger partial charge in [-0.3, -0.25) is 19.7 Å². The highest BCUT2D eigenvalue weighted by Crippen LogP contribution is 2.52. The summed E-state index contributed by atoms with van der Waals surface area (Å²) in [5.41, 5.74) is 1.23. The average Bonchev–Trinajstić information content (AvgIpc) is 3.55. The van der Waals surface area contributed by atoms with Gasteiger partial charge in [0.15, 0.2) is 5.13 Å². The standard InChI is InChI=1S/C29H33N5O7S2/c1-16-23-22(17(2)35)27(37)33(23)24(28(38)41-14-18-6-8-19(9-7-18)34(39)40)25(16)43-20-12-32(13-20)29-30-21(15-42-29)26(36)31-10-4-3-5-11-31/h6-9,15-17,20,22-23,35H,3-5,10-14H2,1-2H3/t16-,17-,22-,23-/m1/s1. The number of carbonyl (C=O) groups excluding carboxylic acids is 3. The molecule has 2 amide bonds. The van der Waals surface area contributed by atoms with E-state index >= 15 is 0 Å². The van der Waals surface area contributed by atoms with Gasteiger partial charge in [0.25, 0.3) is 11.6 Å². The number of aliphatic hydroxyl groups excluding tert-OH is 1. The highest BCUT2D eigenvalue weighted by molar-refractivity contribution is 8.03. The Morgan fingerprint density at radius 2 is 1.91 bits per heavy atom. The molecule has 14 heteroatoms. The number of fused-ring (bicyclic) bond motifs is 1. The molecule has 6 rings (SSSR count). The van der Waals surface area contributed by atoms with Crippen LogP contribution >= 0.6 is 23.1 Å². The topological polar surface area (TPSA) is 146 Å². The number of nitro benzene ring substituents is 1. The number of anilines is 1. The molecule has 228 valence electrons. The number of β-lactam (4-membered cyclic amide) rings is 1. The molecule has 43 heavy (non-hydrogen) atoms. The molecule has 0 radical (unpaired) electrons. The minimum Gasteiger partial charge on any atom is -0.456 e. The fourth-order valence-corrected chi connectivity index (χ4v) is 8.55. The van der Waals surface area contributed by atoms with Crippen molar-refractivity contribution in [2.75, 3.05) is 31.1 Å². The van der Waals surface area contributed by atoms with Gasteiger partial charge in [0.05, 0.1) is 23.0 Å². The molecule has 3 fully saturated rings. The maximum absolute atomic E-state index is 13.4. The molecule has 0 aliphatic carbocycles. The highest BCUT2D eigenvalue weighted by Gasteiger charge is 2.60. The van der Waals surface area contributed by atoms with Gasteiger partial charge in [0, 0.05) is 59.8 Å². The first-order valence-electron chi connectivity index (χ1n) is 14.5. The summed E-state index contributed by atoms with van der Waals surface area (Å²) in [6, 6.07) is 5.43. The first-order valence-corrected chi connectivity index (χ1v) is 16.2. The van der Waals surface area contributed by atoms with Gasteiger partial charge in [-0.25, -0.2) is 9.78 Å². The third-order valence-corrected chi connectivity index (χ3v) is 10.9. The van der Waals surface area contributed by atoms with E-state index in [1.54, 1.807) is 18.7 Å². The summed E-state index contributed by atoms with van der Waals surface area (Å²) >= 11 is 3.00. The summed E-state index contributed by atoms with van der Waals surface area (Å²) in [5.74, 6) is -1.70. The van der Waals surface area contributed by atoms with Crippen molar-refractivity contribution >= 4 is 51.7 Å². The Hall–Kier alpha value is -3.49. The average molecular weight is 628 g/mol. The third-order valence-electron chi connectivity index (χ3n) is 8.59. The number of hydrogen-bond donors (Lipinski definition) is 1. The molecule has 1 aromatic heterocycles. The van der Waals surface area contributed by atoms with Gasteiger partial charge in [0.1, 0.15) is 18.0 Å². The molecule has 0 saturated carbocycles. The van der Waals surface area contributed by atoms with E-state index in [-0.39, 0.29) is 47.0 Å².